The second kappa shape index (κ2) is 3.76. The largest absolute Gasteiger partial charge is 0.508 e. The Morgan fingerprint density at radius 2 is 2.17 bits per heavy atom. The van der Waals surface area contributed by atoms with Gasteiger partial charge in [-0.15, -0.1) is 0 Å². The average Bonchev–Trinajstić information content (AvgIpc) is 2.03. The topological polar surface area (TPSA) is 72.3 Å². The molecule has 1 aromatic rings. The van der Waals surface area contributed by atoms with Gasteiger partial charge in [0.2, 0.25) is 0 Å². The first-order valence-electron chi connectivity index (χ1n) is 3.60. The number of phenols is 1. The standard InChI is InChI=1S/C8H11ClN2O/c9-5-2-1-3-7(12)8(5)6(11)4-10/h1-3,6,12H,4,10-11H2. The summed E-state index contributed by atoms with van der Waals surface area (Å²) < 4.78 is 0. The molecule has 1 atom stereocenters. The number of rotatable bonds is 2. The van der Waals surface area contributed by atoms with E-state index in [0.717, 1.165) is 0 Å². The van der Waals surface area contributed by atoms with E-state index in [-0.39, 0.29) is 12.3 Å². The molecule has 66 valence electrons. The lowest BCUT2D eigenvalue weighted by Crippen LogP contribution is -2.21. The lowest BCUT2D eigenvalue weighted by Gasteiger charge is -2.12. The van der Waals surface area contributed by atoms with Gasteiger partial charge in [0.15, 0.2) is 0 Å². The normalized spacial score (nSPS) is 12.9. The van der Waals surface area contributed by atoms with Crippen molar-refractivity contribution in [3.63, 3.8) is 0 Å². The molecule has 0 radical (unpaired) electrons. The van der Waals surface area contributed by atoms with Crippen LogP contribution in [0.3, 0.4) is 0 Å². The maximum absolute atomic E-state index is 9.37. The van der Waals surface area contributed by atoms with Crippen molar-refractivity contribution in [3.8, 4) is 5.75 Å². The Labute approximate surface area is 75.9 Å². The van der Waals surface area contributed by atoms with Crippen molar-refractivity contribution in [3.05, 3.63) is 28.8 Å². The summed E-state index contributed by atoms with van der Waals surface area (Å²) >= 11 is 5.81. The number of nitrogens with two attached hydrogens (primary N) is 2. The summed E-state index contributed by atoms with van der Waals surface area (Å²) in [5.74, 6) is 0.0976. The zero-order chi connectivity index (χ0) is 9.14. The van der Waals surface area contributed by atoms with E-state index in [9.17, 15) is 5.11 Å². The van der Waals surface area contributed by atoms with Gasteiger partial charge in [0.25, 0.3) is 0 Å². The van der Waals surface area contributed by atoms with E-state index >= 15 is 0 Å². The number of aromatic hydroxyl groups is 1. The third kappa shape index (κ3) is 1.69. The van der Waals surface area contributed by atoms with Crippen molar-refractivity contribution in [1.29, 1.82) is 0 Å². The van der Waals surface area contributed by atoms with Crippen LogP contribution < -0.4 is 11.5 Å². The monoisotopic (exact) mass is 186 g/mol. The molecule has 0 heterocycles. The van der Waals surface area contributed by atoms with Crippen molar-refractivity contribution < 1.29 is 5.11 Å². The van der Waals surface area contributed by atoms with Crippen LogP contribution in [0.2, 0.25) is 5.02 Å². The molecular weight excluding hydrogens is 176 g/mol. The molecule has 1 rings (SSSR count). The average molecular weight is 187 g/mol. The van der Waals surface area contributed by atoms with Gasteiger partial charge in [-0.1, -0.05) is 17.7 Å². The van der Waals surface area contributed by atoms with Crippen LogP contribution >= 0.6 is 11.6 Å². The van der Waals surface area contributed by atoms with Crippen molar-refractivity contribution >= 4 is 11.6 Å². The fourth-order valence-corrected chi connectivity index (χ4v) is 1.32. The zero-order valence-corrected chi connectivity index (χ0v) is 7.25. The summed E-state index contributed by atoms with van der Waals surface area (Å²) in [4.78, 5) is 0. The van der Waals surface area contributed by atoms with Crippen molar-refractivity contribution in [2.45, 2.75) is 6.04 Å². The minimum atomic E-state index is -0.404. The molecule has 0 fully saturated rings. The number of hydrogen-bond acceptors (Lipinski definition) is 3. The van der Waals surface area contributed by atoms with Crippen molar-refractivity contribution in [2.24, 2.45) is 11.5 Å². The first-order chi connectivity index (χ1) is 5.66. The van der Waals surface area contributed by atoms with Gasteiger partial charge in [-0.25, -0.2) is 0 Å². The van der Waals surface area contributed by atoms with E-state index in [2.05, 4.69) is 0 Å². The molecule has 0 aliphatic heterocycles. The van der Waals surface area contributed by atoms with E-state index in [1.807, 2.05) is 0 Å². The minimum Gasteiger partial charge on any atom is -0.508 e. The van der Waals surface area contributed by atoms with Crippen LogP contribution in [0.1, 0.15) is 11.6 Å². The first-order valence-corrected chi connectivity index (χ1v) is 3.97. The highest BCUT2D eigenvalue weighted by atomic mass is 35.5. The number of benzene rings is 1. The van der Waals surface area contributed by atoms with E-state index in [0.29, 0.717) is 10.6 Å². The predicted molar refractivity (Wildman–Crippen MR) is 49.1 cm³/mol. The summed E-state index contributed by atoms with van der Waals surface area (Å²) in [7, 11) is 0. The highest BCUT2D eigenvalue weighted by Crippen LogP contribution is 2.29. The van der Waals surface area contributed by atoms with Crippen LogP contribution in [0.4, 0.5) is 0 Å². The van der Waals surface area contributed by atoms with E-state index in [1.165, 1.54) is 6.07 Å². The molecule has 1 unspecified atom stereocenters. The second-order valence-electron chi connectivity index (χ2n) is 2.51. The van der Waals surface area contributed by atoms with E-state index in [4.69, 9.17) is 23.1 Å². The smallest absolute Gasteiger partial charge is 0.121 e. The molecule has 0 aromatic heterocycles. The number of phenolic OH excluding ortho intramolecular Hbond substituents is 1. The fraction of sp³-hybridized carbons (Fsp3) is 0.250. The molecule has 4 heteroatoms. The summed E-state index contributed by atoms with van der Waals surface area (Å²) in [6, 6.07) is 4.46. The maximum atomic E-state index is 9.37. The van der Waals surface area contributed by atoms with Crippen LogP contribution in [0.15, 0.2) is 18.2 Å². The summed E-state index contributed by atoms with van der Waals surface area (Å²) in [5.41, 5.74) is 11.5. The third-order valence-corrected chi connectivity index (χ3v) is 1.98. The van der Waals surface area contributed by atoms with Crippen LogP contribution in [0.5, 0.6) is 5.75 Å². The lowest BCUT2D eigenvalue weighted by atomic mass is 10.1. The predicted octanol–water partition coefficient (Wildman–Crippen LogP) is 1.00. The lowest BCUT2D eigenvalue weighted by molar-refractivity contribution is 0.462. The highest BCUT2D eigenvalue weighted by Gasteiger charge is 2.12. The van der Waals surface area contributed by atoms with Crippen molar-refractivity contribution in [2.75, 3.05) is 6.54 Å². The minimum absolute atomic E-state index is 0.0976. The molecule has 0 bridgehead atoms. The molecule has 0 amide bonds. The molecule has 12 heavy (non-hydrogen) atoms. The van der Waals surface area contributed by atoms with Gasteiger partial charge in [-0.3, -0.25) is 0 Å². The molecule has 0 aliphatic rings. The maximum Gasteiger partial charge on any atom is 0.121 e. The Bertz CT molecular complexity index is 258. The summed E-state index contributed by atoms with van der Waals surface area (Å²) in [6.45, 7) is 0.261. The van der Waals surface area contributed by atoms with E-state index < -0.39 is 6.04 Å². The van der Waals surface area contributed by atoms with Gasteiger partial charge in [-0.2, -0.15) is 0 Å². The Kier molecular flexibility index (Phi) is 2.92. The number of hydrogen-bond donors (Lipinski definition) is 3. The van der Waals surface area contributed by atoms with E-state index in [1.54, 1.807) is 12.1 Å². The van der Waals surface area contributed by atoms with Crippen LogP contribution in [0.25, 0.3) is 0 Å². The molecule has 0 aliphatic carbocycles. The summed E-state index contributed by atoms with van der Waals surface area (Å²) in [5, 5.41) is 9.82. The van der Waals surface area contributed by atoms with Gasteiger partial charge in [0.1, 0.15) is 5.75 Å². The quantitative estimate of drug-likeness (QED) is 0.646. The molecule has 0 spiro atoms. The molecule has 5 N–H and O–H groups in total. The van der Waals surface area contributed by atoms with Gasteiger partial charge >= 0.3 is 0 Å². The molecule has 3 nitrogen and oxygen atoms in total. The van der Waals surface area contributed by atoms with Crippen LogP contribution in [-0.2, 0) is 0 Å². The Morgan fingerprint density at radius 1 is 1.50 bits per heavy atom. The molecule has 0 saturated carbocycles. The second-order valence-corrected chi connectivity index (χ2v) is 2.92. The molecular formula is C8H11ClN2O. The van der Waals surface area contributed by atoms with Gasteiger partial charge < -0.3 is 16.6 Å². The Morgan fingerprint density at radius 3 is 2.67 bits per heavy atom. The summed E-state index contributed by atoms with van der Waals surface area (Å²) in [6.07, 6.45) is 0. The van der Waals surface area contributed by atoms with Crippen LogP contribution in [-0.4, -0.2) is 11.7 Å². The van der Waals surface area contributed by atoms with Gasteiger partial charge in [-0.05, 0) is 12.1 Å². The van der Waals surface area contributed by atoms with Crippen molar-refractivity contribution in [1.82, 2.24) is 0 Å². The molecule has 1 aromatic carbocycles. The number of halogens is 1. The van der Waals surface area contributed by atoms with Gasteiger partial charge in [0, 0.05) is 23.2 Å². The highest BCUT2D eigenvalue weighted by molar-refractivity contribution is 6.31. The molecule has 0 saturated heterocycles. The van der Waals surface area contributed by atoms with Crippen LogP contribution in [0, 0.1) is 0 Å². The Hall–Kier alpha value is -0.770. The van der Waals surface area contributed by atoms with Gasteiger partial charge in [0.05, 0.1) is 0 Å². The third-order valence-electron chi connectivity index (χ3n) is 1.65. The SMILES string of the molecule is NCC(N)c1c(O)cccc1Cl. The fourth-order valence-electron chi connectivity index (χ4n) is 1.01. The Balaban J connectivity index is 3.12. The first kappa shape index (κ1) is 9.32. The zero-order valence-electron chi connectivity index (χ0n) is 6.50.